The summed E-state index contributed by atoms with van der Waals surface area (Å²) in [7, 11) is 0. The first-order valence-corrected chi connectivity index (χ1v) is 10.3. The van der Waals surface area contributed by atoms with Crippen molar-refractivity contribution in [2.45, 2.75) is 33.4 Å². The van der Waals surface area contributed by atoms with Crippen molar-refractivity contribution in [1.82, 2.24) is 19.9 Å². The highest BCUT2D eigenvalue weighted by atomic mass is 16.3. The number of nitrogens with one attached hydrogen (secondary N) is 1. The first kappa shape index (κ1) is 19.4. The van der Waals surface area contributed by atoms with Crippen molar-refractivity contribution < 1.29 is 4.42 Å². The molecule has 1 aromatic carbocycles. The highest BCUT2D eigenvalue weighted by molar-refractivity contribution is 5.81. The van der Waals surface area contributed by atoms with Gasteiger partial charge in [-0.25, -0.2) is 4.98 Å². The molecule has 0 amide bonds. The summed E-state index contributed by atoms with van der Waals surface area (Å²) < 4.78 is 5.77. The third-order valence-electron chi connectivity index (χ3n) is 5.79. The SMILES string of the molecule is Cc1cc(C)c2c(=O)c(CN3CCc4nc(-c5ccncc5)[nH]c(=O)c4C3)coc2c1. The molecule has 0 fully saturated rings. The van der Waals surface area contributed by atoms with Gasteiger partial charge < -0.3 is 9.40 Å². The summed E-state index contributed by atoms with van der Waals surface area (Å²) in [4.78, 5) is 39.5. The van der Waals surface area contributed by atoms with Crippen molar-refractivity contribution >= 4 is 11.0 Å². The fourth-order valence-corrected chi connectivity index (χ4v) is 4.27. The van der Waals surface area contributed by atoms with E-state index in [0.29, 0.717) is 54.0 Å². The number of pyridine rings is 1. The fraction of sp³-hybridized carbons (Fsp3) is 0.250. The van der Waals surface area contributed by atoms with Crippen LogP contribution in [-0.4, -0.2) is 26.4 Å². The Labute approximate surface area is 178 Å². The predicted molar refractivity (Wildman–Crippen MR) is 118 cm³/mol. The molecule has 31 heavy (non-hydrogen) atoms. The summed E-state index contributed by atoms with van der Waals surface area (Å²) in [5.74, 6) is 0.556. The molecule has 4 heterocycles. The molecule has 0 saturated carbocycles. The molecular formula is C24H22N4O3. The average Bonchev–Trinajstić information content (AvgIpc) is 2.76. The van der Waals surface area contributed by atoms with Gasteiger partial charge in [0.2, 0.25) is 0 Å². The molecule has 0 aliphatic carbocycles. The van der Waals surface area contributed by atoms with Gasteiger partial charge in [-0.1, -0.05) is 6.07 Å². The van der Waals surface area contributed by atoms with Gasteiger partial charge in [0.15, 0.2) is 5.43 Å². The maximum atomic E-state index is 13.1. The van der Waals surface area contributed by atoms with E-state index in [4.69, 9.17) is 4.42 Å². The lowest BCUT2D eigenvalue weighted by Gasteiger charge is -2.27. The minimum Gasteiger partial charge on any atom is -0.464 e. The Kier molecular flexibility index (Phi) is 4.75. The molecule has 0 atom stereocenters. The van der Waals surface area contributed by atoms with Gasteiger partial charge in [0.05, 0.1) is 22.9 Å². The van der Waals surface area contributed by atoms with E-state index in [9.17, 15) is 9.59 Å². The molecule has 7 nitrogen and oxygen atoms in total. The molecule has 3 aromatic heterocycles. The third kappa shape index (κ3) is 3.57. The lowest BCUT2D eigenvalue weighted by atomic mass is 10.0. The van der Waals surface area contributed by atoms with Crippen LogP contribution in [0.3, 0.4) is 0 Å². The van der Waals surface area contributed by atoms with Gasteiger partial charge in [0.1, 0.15) is 11.4 Å². The van der Waals surface area contributed by atoms with E-state index in [1.807, 2.05) is 38.1 Å². The number of rotatable bonds is 3. The van der Waals surface area contributed by atoms with Crippen LogP contribution in [0.5, 0.6) is 0 Å². The third-order valence-corrected chi connectivity index (χ3v) is 5.79. The Morgan fingerprint density at radius 3 is 2.77 bits per heavy atom. The van der Waals surface area contributed by atoms with Crippen LogP contribution in [0.2, 0.25) is 0 Å². The maximum absolute atomic E-state index is 13.1. The Morgan fingerprint density at radius 1 is 1.16 bits per heavy atom. The summed E-state index contributed by atoms with van der Waals surface area (Å²) in [6.45, 7) is 5.49. The van der Waals surface area contributed by atoms with E-state index in [1.54, 1.807) is 18.7 Å². The smallest absolute Gasteiger partial charge is 0.255 e. The van der Waals surface area contributed by atoms with Crippen LogP contribution in [0.15, 0.2) is 56.9 Å². The van der Waals surface area contributed by atoms with Crippen molar-refractivity contribution in [3.8, 4) is 11.4 Å². The molecule has 1 N–H and O–H groups in total. The number of aromatic nitrogens is 3. The molecule has 156 valence electrons. The van der Waals surface area contributed by atoms with Crippen LogP contribution in [0.25, 0.3) is 22.4 Å². The lowest BCUT2D eigenvalue weighted by Crippen LogP contribution is -2.36. The van der Waals surface area contributed by atoms with Gasteiger partial charge in [-0.05, 0) is 43.2 Å². The quantitative estimate of drug-likeness (QED) is 0.554. The molecule has 0 spiro atoms. The number of hydrogen-bond acceptors (Lipinski definition) is 6. The zero-order chi connectivity index (χ0) is 21.5. The van der Waals surface area contributed by atoms with Gasteiger partial charge in [0, 0.05) is 49.6 Å². The van der Waals surface area contributed by atoms with Gasteiger partial charge >= 0.3 is 0 Å². The first-order valence-electron chi connectivity index (χ1n) is 10.3. The number of H-pyrrole nitrogens is 1. The zero-order valence-electron chi connectivity index (χ0n) is 17.4. The van der Waals surface area contributed by atoms with E-state index in [1.165, 1.54) is 0 Å². The summed E-state index contributed by atoms with van der Waals surface area (Å²) in [5.41, 5.74) is 5.33. The van der Waals surface area contributed by atoms with E-state index >= 15 is 0 Å². The van der Waals surface area contributed by atoms with Gasteiger partial charge in [-0.15, -0.1) is 0 Å². The monoisotopic (exact) mass is 414 g/mol. The number of nitrogens with zero attached hydrogens (tertiary/aromatic N) is 3. The van der Waals surface area contributed by atoms with E-state index in [2.05, 4.69) is 19.9 Å². The van der Waals surface area contributed by atoms with Crippen LogP contribution >= 0.6 is 0 Å². The number of fused-ring (bicyclic) bond motifs is 2. The van der Waals surface area contributed by atoms with Crippen molar-refractivity contribution in [2.24, 2.45) is 0 Å². The van der Waals surface area contributed by atoms with Crippen molar-refractivity contribution in [2.75, 3.05) is 6.54 Å². The van der Waals surface area contributed by atoms with Crippen LogP contribution in [0, 0.1) is 13.8 Å². The number of hydrogen-bond donors (Lipinski definition) is 1. The van der Waals surface area contributed by atoms with E-state index in [0.717, 1.165) is 22.4 Å². The zero-order valence-corrected chi connectivity index (χ0v) is 17.4. The van der Waals surface area contributed by atoms with Gasteiger partial charge in [-0.2, -0.15) is 0 Å². The molecule has 0 saturated heterocycles. The molecule has 5 rings (SSSR count). The van der Waals surface area contributed by atoms with E-state index in [-0.39, 0.29) is 11.0 Å². The highest BCUT2D eigenvalue weighted by Crippen LogP contribution is 2.21. The molecule has 0 bridgehead atoms. The second-order valence-corrected chi connectivity index (χ2v) is 8.08. The van der Waals surface area contributed by atoms with Crippen LogP contribution in [0.4, 0.5) is 0 Å². The number of aryl methyl sites for hydroxylation is 2. The van der Waals surface area contributed by atoms with Crippen molar-refractivity contribution in [3.05, 3.63) is 91.4 Å². The molecule has 7 heteroatoms. The number of aromatic amines is 1. The maximum Gasteiger partial charge on any atom is 0.255 e. The van der Waals surface area contributed by atoms with Crippen LogP contribution < -0.4 is 11.0 Å². The molecule has 0 unspecified atom stereocenters. The standard InChI is InChI=1S/C24H22N4O3/c1-14-9-15(2)21-20(10-14)31-13-17(22(21)29)11-28-8-5-19-18(12-28)24(30)27-23(26-19)16-3-6-25-7-4-16/h3-4,6-7,9-10,13H,5,8,11-12H2,1-2H3,(H,26,27,30). The topological polar surface area (TPSA) is 92.1 Å². The summed E-state index contributed by atoms with van der Waals surface area (Å²) >= 11 is 0. The first-order chi connectivity index (χ1) is 15.0. The van der Waals surface area contributed by atoms with Crippen molar-refractivity contribution in [1.29, 1.82) is 0 Å². The molecule has 1 aliphatic rings. The average molecular weight is 414 g/mol. The highest BCUT2D eigenvalue weighted by Gasteiger charge is 2.23. The van der Waals surface area contributed by atoms with E-state index < -0.39 is 0 Å². The molecule has 4 aromatic rings. The molecule has 1 aliphatic heterocycles. The largest absolute Gasteiger partial charge is 0.464 e. The fourth-order valence-electron chi connectivity index (χ4n) is 4.27. The number of benzene rings is 1. The summed E-state index contributed by atoms with van der Waals surface area (Å²) in [6.07, 6.45) is 5.55. The summed E-state index contributed by atoms with van der Waals surface area (Å²) in [5, 5.41) is 0.627. The lowest BCUT2D eigenvalue weighted by molar-refractivity contribution is 0.239. The minimum atomic E-state index is -0.140. The second kappa shape index (κ2) is 7.59. The predicted octanol–water partition coefficient (Wildman–Crippen LogP) is 3.11. The second-order valence-electron chi connectivity index (χ2n) is 8.08. The summed E-state index contributed by atoms with van der Waals surface area (Å²) in [6, 6.07) is 7.52. The Balaban J connectivity index is 1.44. The van der Waals surface area contributed by atoms with Crippen molar-refractivity contribution in [3.63, 3.8) is 0 Å². The Hall–Kier alpha value is -3.58. The van der Waals surface area contributed by atoms with Crippen LogP contribution in [0.1, 0.15) is 27.9 Å². The molecule has 0 radical (unpaired) electrons. The van der Waals surface area contributed by atoms with Crippen LogP contribution in [-0.2, 0) is 19.5 Å². The van der Waals surface area contributed by atoms with Gasteiger partial charge in [0.25, 0.3) is 5.56 Å². The molecular weight excluding hydrogens is 392 g/mol. The normalized spacial score (nSPS) is 14.0. The minimum absolute atomic E-state index is 0.00961. The Bertz CT molecular complexity index is 1410. The Morgan fingerprint density at radius 2 is 1.97 bits per heavy atom. The van der Waals surface area contributed by atoms with Gasteiger partial charge in [-0.3, -0.25) is 19.5 Å².